The Labute approximate surface area is 127 Å². The van der Waals surface area contributed by atoms with Crippen molar-refractivity contribution in [2.24, 2.45) is 0 Å². The minimum absolute atomic E-state index is 0.745. The first-order valence-corrected chi connectivity index (χ1v) is 7.57. The predicted molar refractivity (Wildman–Crippen MR) is 85.6 cm³/mol. The maximum Gasteiger partial charge on any atom is 0.0724 e. The maximum absolute atomic E-state index is 4.24. The zero-order valence-electron chi connectivity index (χ0n) is 12.9. The van der Waals surface area contributed by atoms with Crippen LogP contribution in [0.25, 0.3) is 0 Å². The summed E-state index contributed by atoms with van der Waals surface area (Å²) in [6.07, 6.45) is 5.21. The van der Waals surface area contributed by atoms with E-state index in [2.05, 4.69) is 58.3 Å². The third-order valence-electron chi connectivity index (χ3n) is 3.58. The fraction of sp³-hybridized carbons (Fsp3) is 0.412. The van der Waals surface area contributed by atoms with Gasteiger partial charge in [-0.3, -0.25) is 14.9 Å². The molecule has 0 amide bonds. The van der Waals surface area contributed by atoms with Gasteiger partial charge in [-0.25, -0.2) is 0 Å². The zero-order valence-corrected chi connectivity index (χ0v) is 12.9. The van der Waals surface area contributed by atoms with Gasteiger partial charge in [-0.05, 0) is 24.2 Å². The van der Waals surface area contributed by atoms with Crippen molar-refractivity contribution in [2.45, 2.75) is 33.5 Å². The molecule has 0 fully saturated rings. The molecule has 4 heteroatoms. The monoisotopic (exact) mass is 284 g/mol. The number of aromatic nitrogens is 2. The minimum Gasteiger partial charge on any atom is -0.307 e. The van der Waals surface area contributed by atoms with Crippen LogP contribution in [-0.2, 0) is 19.6 Å². The number of rotatable bonds is 8. The molecule has 1 aromatic carbocycles. The number of hydrogen-bond donors (Lipinski definition) is 1. The molecule has 0 atom stereocenters. The largest absolute Gasteiger partial charge is 0.307 e. The average molecular weight is 284 g/mol. The quantitative estimate of drug-likeness (QED) is 0.809. The molecule has 0 spiro atoms. The van der Waals surface area contributed by atoms with Crippen LogP contribution in [0.5, 0.6) is 0 Å². The van der Waals surface area contributed by atoms with Crippen molar-refractivity contribution in [3.63, 3.8) is 0 Å². The fourth-order valence-corrected chi connectivity index (χ4v) is 2.22. The van der Waals surface area contributed by atoms with Crippen molar-refractivity contribution in [1.29, 1.82) is 0 Å². The first-order chi connectivity index (χ1) is 10.3. The third kappa shape index (κ3) is 5.25. The molecule has 112 valence electrons. The van der Waals surface area contributed by atoms with E-state index in [0.29, 0.717) is 0 Å². The molecule has 2 aromatic rings. The van der Waals surface area contributed by atoms with Crippen LogP contribution in [0.15, 0.2) is 42.9 Å². The van der Waals surface area contributed by atoms with E-state index in [1.54, 1.807) is 18.6 Å². The van der Waals surface area contributed by atoms with E-state index < -0.39 is 0 Å². The number of hydrogen-bond acceptors (Lipinski definition) is 4. The molecule has 0 saturated carbocycles. The molecule has 0 saturated heterocycles. The smallest absolute Gasteiger partial charge is 0.0724 e. The highest BCUT2D eigenvalue weighted by molar-refractivity contribution is 5.22. The minimum atomic E-state index is 0.745. The van der Waals surface area contributed by atoms with Gasteiger partial charge in [-0.15, -0.1) is 0 Å². The van der Waals surface area contributed by atoms with Crippen molar-refractivity contribution in [1.82, 2.24) is 20.2 Å². The normalized spacial score (nSPS) is 11.0. The van der Waals surface area contributed by atoms with E-state index in [4.69, 9.17) is 0 Å². The van der Waals surface area contributed by atoms with Crippen LogP contribution in [0.1, 0.15) is 30.7 Å². The lowest BCUT2D eigenvalue weighted by Crippen LogP contribution is -2.22. The van der Waals surface area contributed by atoms with E-state index in [9.17, 15) is 0 Å². The van der Waals surface area contributed by atoms with Crippen LogP contribution in [0.2, 0.25) is 0 Å². The summed E-state index contributed by atoms with van der Waals surface area (Å²) < 4.78 is 0. The zero-order chi connectivity index (χ0) is 14.9. The SMILES string of the molecule is CCN(CC)Cc1ccc(CNCc2cnccn2)cc1. The van der Waals surface area contributed by atoms with Crippen LogP contribution in [-0.4, -0.2) is 28.0 Å². The van der Waals surface area contributed by atoms with Crippen LogP contribution in [0.3, 0.4) is 0 Å². The fourth-order valence-electron chi connectivity index (χ4n) is 2.22. The van der Waals surface area contributed by atoms with Gasteiger partial charge < -0.3 is 5.32 Å². The Morgan fingerprint density at radius 1 is 0.952 bits per heavy atom. The van der Waals surface area contributed by atoms with Gasteiger partial charge in [0.15, 0.2) is 0 Å². The summed E-state index contributed by atoms with van der Waals surface area (Å²) in [7, 11) is 0. The summed E-state index contributed by atoms with van der Waals surface area (Å²) in [5.41, 5.74) is 3.63. The molecule has 2 rings (SSSR count). The Morgan fingerprint density at radius 2 is 1.67 bits per heavy atom. The summed E-state index contributed by atoms with van der Waals surface area (Å²) in [6.45, 7) is 9.22. The standard InChI is InChI=1S/C17H24N4/c1-3-21(4-2)14-16-7-5-15(6-8-16)11-19-13-17-12-18-9-10-20-17/h5-10,12,19H,3-4,11,13-14H2,1-2H3. The Morgan fingerprint density at radius 3 is 2.29 bits per heavy atom. The first-order valence-electron chi connectivity index (χ1n) is 7.57. The van der Waals surface area contributed by atoms with Gasteiger partial charge in [0.1, 0.15) is 0 Å². The van der Waals surface area contributed by atoms with Crippen molar-refractivity contribution in [2.75, 3.05) is 13.1 Å². The second-order valence-electron chi connectivity index (χ2n) is 5.08. The number of nitrogens with one attached hydrogen (secondary N) is 1. The lowest BCUT2D eigenvalue weighted by atomic mass is 10.1. The van der Waals surface area contributed by atoms with Crippen LogP contribution >= 0.6 is 0 Å². The third-order valence-corrected chi connectivity index (χ3v) is 3.58. The molecular weight excluding hydrogens is 260 g/mol. The van der Waals surface area contributed by atoms with E-state index in [-0.39, 0.29) is 0 Å². The molecule has 1 N–H and O–H groups in total. The molecule has 1 heterocycles. The van der Waals surface area contributed by atoms with Crippen molar-refractivity contribution in [3.05, 3.63) is 59.7 Å². The van der Waals surface area contributed by atoms with Gasteiger partial charge in [0.25, 0.3) is 0 Å². The Hall–Kier alpha value is -1.78. The van der Waals surface area contributed by atoms with Crippen LogP contribution in [0.4, 0.5) is 0 Å². The Kier molecular flexibility index (Phi) is 6.31. The van der Waals surface area contributed by atoms with Crippen molar-refractivity contribution < 1.29 is 0 Å². The van der Waals surface area contributed by atoms with Crippen molar-refractivity contribution >= 4 is 0 Å². The van der Waals surface area contributed by atoms with E-state index in [1.807, 2.05) is 0 Å². The summed E-state index contributed by atoms with van der Waals surface area (Å²) in [5, 5.41) is 3.39. The highest BCUT2D eigenvalue weighted by atomic mass is 15.1. The molecule has 21 heavy (non-hydrogen) atoms. The van der Waals surface area contributed by atoms with Gasteiger partial charge in [0.2, 0.25) is 0 Å². The second-order valence-corrected chi connectivity index (χ2v) is 5.08. The van der Waals surface area contributed by atoms with E-state index >= 15 is 0 Å². The second kappa shape index (κ2) is 8.49. The first kappa shape index (κ1) is 15.6. The number of nitrogens with zero attached hydrogens (tertiary/aromatic N) is 3. The molecule has 0 aliphatic carbocycles. The average Bonchev–Trinajstić information content (AvgIpc) is 2.55. The molecule has 0 radical (unpaired) electrons. The topological polar surface area (TPSA) is 41.0 Å². The summed E-state index contributed by atoms with van der Waals surface area (Å²) in [4.78, 5) is 10.7. The molecule has 0 aliphatic rings. The maximum atomic E-state index is 4.24. The molecular formula is C17H24N4. The highest BCUT2D eigenvalue weighted by Gasteiger charge is 2.01. The molecule has 1 aromatic heterocycles. The van der Waals surface area contributed by atoms with Gasteiger partial charge in [0, 0.05) is 38.2 Å². The summed E-state index contributed by atoms with van der Waals surface area (Å²) in [5.74, 6) is 0. The van der Waals surface area contributed by atoms with Crippen LogP contribution in [0, 0.1) is 0 Å². The van der Waals surface area contributed by atoms with Gasteiger partial charge in [-0.2, -0.15) is 0 Å². The van der Waals surface area contributed by atoms with Crippen LogP contribution < -0.4 is 5.32 Å². The van der Waals surface area contributed by atoms with E-state index in [1.165, 1.54) is 11.1 Å². The molecule has 0 aliphatic heterocycles. The van der Waals surface area contributed by atoms with Crippen molar-refractivity contribution in [3.8, 4) is 0 Å². The molecule has 4 nitrogen and oxygen atoms in total. The van der Waals surface area contributed by atoms with Gasteiger partial charge in [0.05, 0.1) is 5.69 Å². The summed E-state index contributed by atoms with van der Waals surface area (Å²) in [6, 6.07) is 8.83. The highest BCUT2D eigenvalue weighted by Crippen LogP contribution is 2.07. The van der Waals surface area contributed by atoms with Gasteiger partial charge >= 0.3 is 0 Å². The molecule has 0 unspecified atom stereocenters. The lowest BCUT2D eigenvalue weighted by molar-refractivity contribution is 0.296. The molecule has 0 bridgehead atoms. The van der Waals surface area contributed by atoms with Gasteiger partial charge in [-0.1, -0.05) is 38.1 Å². The Bertz CT molecular complexity index is 506. The number of benzene rings is 1. The van der Waals surface area contributed by atoms with E-state index in [0.717, 1.165) is 38.4 Å². The Balaban J connectivity index is 1.79. The lowest BCUT2D eigenvalue weighted by Gasteiger charge is -2.18. The summed E-state index contributed by atoms with van der Waals surface area (Å²) >= 11 is 0. The predicted octanol–water partition coefficient (Wildman–Crippen LogP) is 2.61.